The van der Waals surface area contributed by atoms with Crippen LogP contribution in [0, 0.1) is 0 Å². The lowest BCUT2D eigenvalue weighted by Gasteiger charge is -2.30. The minimum atomic E-state index is -0.277. The lowest BCUT2D eigenvalue weighted by atomic mass is 10.2. The van der Waals surface area contributed by atoms with Crippen LogP contribution in [0.3, 0.4) is 0 Å². The average molecular weight is 241 g/mol. The van der Waals surface area contributed by atoms with Gasteiger partial charge in [-0.2, -0.15) is 0 Å². The van der Waals surface area contributed by atoms with E-state index < -0.39 is 0 Å². The van der Waals surface area contributed by atoms with Crippen molar-refractivity contribution in [1.29, 1.82) is 0 Å². The zero-order chi connectivity index (χ0) is 13.3. The Balaban J connectivity index is 4.53. The van der Waals surface area contributed by atoms with E-state index in [9.17, 15) is 4.79 Å². The molecule has 3 heteroatoms. The van der Waals surface area contributed by atoms with Crippen LogP contribution in [0.25, 0.3) is 0 Å². The second-order valence-corrected chi connectivity index (χ2v) is 4.46. The second-order valence-electron chi connectivity index (χ2n) is 4.46. The van der Waals surface area contributed by atoms with Crippen LogP contribution in [0.2, 0.25) is 0 Å². The van der Waals surface area contributed by atoms with E-state index in [1.165, 1.54) is 0 Å². The summed E-state index contributed by atoms with van der Waals surface area (Å²) in [4.78, 5) is 13.8. The van der Waals surface area contributed by atoms with Crippen molar-refractivity contribution in [2.24, 2.45) is 0 Å². The first-order valence-corrected chi connectivity index (χ1v) is 6.67. The van der Waals surface area contributed by atoms with Gasteiger partial charge in [-0.15, -0.1) is 0 Å². The molecule has 100 valence electrons. The maximum Gasteiger partial charge on any atom is 0.334 e. The predicted octanol–water partition coefficient (Wildman–Crippen LogP) is 3.35. The number of carbonyl (C=O) groups is 1. The molecule has 0 radical (unpaired) electrons. The van der Waals surface area contributed by atoms with Crippen molar-refractivity contribution in [3.05, 3.63) is 12.2 Å². The Morgan fingerprint density at radius 1 is 1.18 bits per heavy atom. The molecule has 1 atom stereocenters. The quantitative estimate of drug-likeness (QED) is 0.352. The molecule has 0 aromatic rings. The fourth-order valence-electron chi connectivity index (χ4n) is 1.76. The topological polar surface area (TPSA) is 29.5 Å². The van der Waals surface area contributed by atoms with E-state index in [2.05, 4.69) is 32.3 Å². The first kappa shape index (κ1) is 16.2. The van der Waals surface area contributed by atoms with Crippen molar-refractivity contribution in [2.45, 2.75) is 59.6 Å². The number of rotatable bonds is 9. The molecular weight excluding hydrogens is 214 g/mol. The van der Waals surface area contributed by atoms with Gasteiger partial charge in [-0.05, 0) is 26.2 Å². The molecule has 0 N–H and O–H groups in total. The Morgan fingerprint density at radius 2 is 1.71 bits per heavy atom. The molecule has 1 unspecified atom stereocenters. The van der Waals surface area contributed by atoms with E-state index >= 15 is 0 Å². The minimum Gasteiger partial charge on any atom is -0.443 e. The van der Waals surface area contributed by atoms with Gasteiger partial charge in [0.15, 0.2) is 6.23 Å². The zero-order valence-electron chi connectivity index (χ0n) is 11.8. The highest BCUT2D eigenvalue weighted by Gasteiger charge is 2.20. The van der Waals surface area contributed by atoms with Crippen LogP contribution in [-0.4, -0.2) is 30.2 Å². The van der Waals surface area contributed by atoms with Gasteiger partial charge in [-0.25, -0.2) is 4.79 Å². The fourth-order valence-corrected chi connectivity index (χ4v) is 1.76. The van der Waals surface area contributed by atoms with Gasteiger partial charge in [-0.1, -0.05) is 33.8 Å². The largest absolute Gasteiger partial charge is 0.443 e. The minimum absolute atomic E-state index is 0.0934. The number of carbonyl (C=O) groups excluding carboxylic acids is 1. The summed E-state index contributed by atoms with van der Waals surface area (Å²) in [7, 11) is 0. The normalized spacial score (nSPS) is 12.5. The van der Waals surface area contributed by atoms with Crippen LogP contribution in [-0.2, 0) is 9.53 Å². The van der Waals surface area contributed by atoms with Gasteiger partial charge in [0, 0.05) is 18.7 Å². The van der Waals surface area contributed by atoms with Crippen molar-refractivity contribution in [1.82, 2.24) is 4.90 Å². The summed E-state index contributed by atoms with van der Waals surface area (Å²) >= 11 is 0. The number of esters is 1. The van der Waals surface area contributed by atoms with Crippen molar-refractivity contribution in [2.75, 3.05) is 13.1 Å². The van der Waals surface area contributed by atoms with Crippen molar-refractivity contribution < 1.29 is 9.53 Å². The van der Waals surface area contributed by atoms with Gasteiger partial charge in [0.2, 0.25) is 0 Å². The van der Waals surface area contributed by atoms with Gasteiger partial charge < -0.3 is 4.74 Å². The van der Waals surface area contributed by atoms with Crippen LogP contribution >= 0.6 is 0 Å². The molecule has 0 aliphatic carbocycles. The Hall–Kier alpha value is -0.830. The summed E-state index contributed by atoms with van der Waals surface area (Å²) in [5.74, 6) is -0.277. The highest BCUT2D eigenvalue weighted by atomic mass is 16.6. The number of hydrogen-bond donors (Lipinski definition) is 0. The Labute approximate surface area is 106 Å². The van der Waals surface area contributed by atoms with Gasteiger partial charge in [0.1, 0.15) is 0 Å². The molecular formula is C14H27NO2. The fraction of sp³-hybridized carbons (Fsp3) is 0.786. The van der Waals surface area contributed by atoms with Gasteiger partial charge >= 0.3 is 5.97 Å². The molecule has 3 nitrogen and oxygen atoms in total. The lowest BCUT2D eigenvalue weighted by molar-refractivity contribution is -0.155. The van der Waals surface area contributed by atoms with Crippen LogP contribution in [0.1, 0.15) is 53.4 Å². The third-order valence-electron chi connectivity index (χ3n) is 2.56. The lowest BCUT2D eigenvalue weighted by Crippen LogP contribution is -2.40. The van der Waals surface area contributed by atoms with E-state index in [1.807, 2.05) is 0 Å². The monoisotopic (exact) mass is 241 g/mol. The summed E-state index contributed by atoms with van der Waals surface area (Å²) in [5, 5.41) is 0. The standard InChI is InChI=1S/C14H27NO2/c1-6-9-13(17-14(16)12(4)5)15(10-7-2)11-8-3/h13H,4,6-11H2,1-3,5H3. The SMILES string of the molecule is C=C(C)C(=O)OC(CCC)N(CCC)CCC. The molecule has 0 heterocycles. The average Bonchev–Trinajstić information content (AvgIpc) is 2.28. The van der Waals surface area contributed by atoms with E-state index in [0.29, 0.717) is 5.57 Å². The van der Waals surface area contributed by atoms with Crippen LogP contribution in [0.4, 0.5) is 0 Å². The number of nitrogens with zero attached hydrogens (tertiary/aromatic N) is 1. The molecule has 0 aromatic heterocycles. The van der Waals surface area contributed by atoms with Gasteiger partial charge in [0.25, 0.3) is 0 Å². The third kappa shape index (κ3) is 6.47. The molecule has 0 bridgehead atoms. The van der Waals surface area contributed by atoms with E-state index in [4.69, 9.17) is 4.74 Å². The molecule has 0 fully saturated rings. The van der Waals surface area contributed by atoms with Crippen LogP contribution in [0.15, 0.2) is 12.2 Å². The summed E-state index contributed by atoms with van der Waals surface area (Å²) in [5.41, 5.74) is 0.471. The zero-order valence-corrected chi connectivity index (χ0v) is 11.8. The second kappa shape index (κ2) is 9.23. The Morgan fingerprint density at radius 3 is 2.06 bits per heavy atom. The molecule has 17 heavy (non-hydrogen) atoms. The first-order valence-electron chi connectivity index (χ1n) is 6.67. The first-order chi connectivity index (χ1) is 8.06. The highest BCUT2D eigenvalue weighted by molar-refractivity contribution is 5.87. The van der Waals surface area contributed by atoms with Crippen molar-refractivity contribution >= 4 is 5.97 Å². The molecule has 0 saturated carbocycles. The number of hydrogen-bond acceptors (Lipinski definition) is 3. The molecule has 0 aromatic carbocycles. The van der Waals surface area contributed by atoms with E-state index in [0.717, 1.165) is 38.8 Å². The third-order valence-corrected chi connectivity index (χ3v) is 2.56. The predicted molar refractivity (Wildman–Crippen MR) is 71.8 cm³/mol. The molecule has 0 rings (SSSR count). The molecule has 0 aliphatic heterocycles. The summed E-state index contributed by atoms with van der Waals surface area (Å²) in [6, 6.07) is 0. The van der Waals surface area contributed by atoms with E-state index in [1.54, 1.807) is 6.92 Å². The number of ether oxygens (including phenoxy) is 1. The Kier molecular flexibility index (Phi) is 8.78. The highest BCUT2D eigenvalue weighted by Crippen LogP contribution is 2.12. The molecule has 0 aliphatic rings. The maximum absolute atomic E-state index is 11.6. The molecule has 0 spiro atoms. The molecule has 0 saturated heterocycles. The van der Waals surface area contributed by atoms with Crippen LogP contribution < -0.4 is 0 Å². The van der Waals surface area contributed by atoms with Gasteiger partial charge in [-0.3, -0.25) is 4.90 Å². The van der Waals surface area contributed by atoms with Crippen molar-refractivity contribution in [3.63, 3.8) is 0 Å². The summed E-state index contributed by atoms with van der Waals surface area (Å²) in [6.45, 7) is 13.7. The Bertz CT molecular complexity index is 232. The van der Waals surface area contributed by atoms with Crippen molar-refractivity contribution in [3.8, 4) is 0 Å². The maximum atomic E-state index is 11.6. The smallest absolute Gasteiger partial charge is 0.334 e. The van der Waals surface area contributed by atoms with E-state index in [-0.39, 0.29) is 12.2 Å². The van der Waals surface area contributed by atoms with Crippen LogP contribution in [0.5, 0.6) is 0 Å². The summed E-state index contributed by atoms with van der Waals surface area (Å²) < 4.78 is 5.51. The molecule has 0 amide bonds. The summed E-state index contributed by atoms with van der Waals surface area (Å²) in [6.07, 6.45) is 3.95. The van der Waals surface area contributed by atoms with Gasteiger partial charge in [0.05, 0.1) is 0 Å².